The average molecular weight is 335 g/mol. The Morgan fingerprint density at radius 1 is 1.12 bits per heavy atom. The zero-order chi connectivity index (χ0) is 17.8. The van der Waals surface area contributed by atoms with Crippen molar-refractivity contribution < 1.29 is 4.79 Å². The first-order valence-corrected chi connectivity index (χ1v) is 8.72. The maximum absolute atomic E-state index is 12.2. The normalized spacial score (nSPS) is 11.2. The lowest BCUT2D eigenvalue weighted by Gasteiger charge is -2.12. The summed E-state index contributed by atoms with van der Waals surface area (Å²) in [6, 6.07) is 14.4. The molecule has 0 aliphatic carbocycles. The number of carbonyl (C=O) groups is 1. The Kier molecular flexibility index (Phi) is 5.19. The predicted octanol–water partition coefficient (Wildman–Crippen LogP) is 3.69. The van der Waals surface area contributed by atoms with Crippen LogP contribution in [0.3, 0.4) is 0 Å². The highest BCUT2D eigenvalue weighted by atomic mass is 16.1. The van der Waals surface area contributed by atoms with Crippen LogP contribution in [0.25, 0.3) is 22.0 Å². The SMILES string of the molecule is CCc1cc2[nH]ccc2cc1-c1ccc(C(=O)NCCN(C)C)cc1. The molecule has 3 aromatic rings. The highest BCUT2D eigenvalue weighted by Crippen LogP contribution is 2.29. The highest BCUT2D eigenvalue weighted by Gasteiger charge is 2.09. The number of aromatic amines is 1. The smallest absolute Gasteiger partial charge is 0.251 e. The summed E-state index contributed by atoms with van der Waals surface area (Å²) < 4.78 is 0. The van der Waals surface area contributed by atoms with Gasteiger partial charge in [-0.25, -0.2) is 0 Å². The molecule has 2 N–H and O–H groups in total. The predicted molar refractivity (Wildman–Crippen MR) is 104 cm³/mol. The van der Waals surface area contributed by atoms with Crippen LogP contribution in [0.4, 0.5) is 0 Å². The molecule has 0 radical (unpaired) electrons. The molecule has 0 atom stereocenters. The van der Waals surface area contributed by atoms with Crippen LogP contribution < -0.4 is 5.32 Å². The average Bonchev–Trinajstić information content (AvgIpc) is 3.07. The number of aryl methyl sites for hydroxylation is 1. The number of hydrogen-bond donors (Lipinski definition) is 2. The van der Waals surface area contributed by atoms with Crippen LogP contribution in [0.2, 0.25) is 0 Å². The maximum Gasteiger partial charge on any atom is 0.251 e. The number of benzene rings is 2. The molecule has 0 fully saturated rings. The number of nitrogens with zero attached hydrogens (tertiary/aromatic N) is 1. The fourth-order valence-electron chi connectivity index (χ4n) is 3.00. The van der Waals surface area contributed by atoms with Gasteiger partial charge in [-0.15, -0.1) is 0 Å². The van der Waals surface area contributed by atoms with E-state index in [0.29, 0.717) is 12.1 Å². The van der Waals surface area contributed by atoms with E-state index in [1.54, 1.807) is 0 Å². The van der Waals surface area contributed by atoms with E-state index < -0.39 is 0 Å². The van der Waals surface area contributed by atoms with Gasteiger partial charge in [0.25, 0.3) is 5.91 Å². The molecule has 0 unspecified atom stereocenters. The van der Waals surface area contributed by atoms with E-state index in [1.807, 2.05) is 49.5 Å². The van der Waals surface area contributed by atoms with Crippen LogP contribution in [0.15, 0.2) is 48.7 Å². The van der Waals surface area contributed by atoms with Gasteiger partial charge in [0.15, 0.2) is 0 Å². The molecule has 0 aliphatic heterocycles. The van der Waals surface area contributed by atoms with Gasteiger partial charge < -0.3 is 15.2 Å². The van der Waals surface area contributed by atoms with Gasteiger partial charge in [-0.2, -0.15) is 0 Å². The number of rotatable bonds is 6. The van der Waals surface area contributed by atoms with Gasteiger partial charge in [-0.1, -0.05) is 19.1 Å². The van der Waals surface area contributed by atoms with Crippen LogP contribution in [-0.2, 0) is 6.42 Å². The summed E-state index contributed by atoms with van der Waals surface area (Å²) in [5.41, 5.74) is 5.54. The largest absolute Gasteiger partial charge is 0.361 e. The highest BCUT2D eigenvalue weighted by molar-refractivity contribution is 5.95. The first kappa shape index (κ1) is 17.2. The molecule has 4 nitrogen and oxygen atoms in total. The quantitative estimate of drug-likeness (QED) is 0.722. The Bertz CT molecular complexity index is 862. The van der Waals surface area contributed by atoms with Crippen LogP contribution in [0, 0.1) is 0 Å². The van der Waals surface area contributed by atoms with Gasteiger partial charge in [0.2, 0.25) is 0 Å². The minimum Gasteiger partial charge on any atom is -0.361 e. The third kappa shape index (κ3) is 3.91. The van der Waals surface area contributed by atoms with Crippen molar-refractivity contribution in [2.24, 2.45) is 0 Å². The second-order valence-corrected chi connectivity index (χ2v) is 6.56. The van der Waals surface area contributed by atoms with E-state index in [-0.39, 0.29) is 5.91 Å². The van der Waals surface area contributed by atoms with E-state index in [1.165, 1.54) is 16.5 Å². The molecule has 25 heavy (non-hydrogen) atoms. The third-order valence-electron chi connectivity index (χ3n) is 4.46. The zero-order valence-corrected chi connectivity index (χ0v) is 15.1. The Labute approximate surface area is 148 Å². The molecule has 4 heteroatoms. The molecule has 130 valence electrons. The van der Waals surface area contributed by atoms with Gasteiger partial charge in [0.05, 0.1) is 0 Å². The first-order valence-electron chi connectivity index (χ1n) is 8.72. The van der Waals surface area contributed by atoms with Crippen molar-refractivity contribution in [2.75, 3.05) is 27.2 Å². The molecule has 0 spiro atoms. The molecule has 0 saturated heterocycles. The number of amides is 1. The topological polar surface area (TPSA) is 48.1 Å². The summed E-state index contributed by atoms with van der Waals surface area (Å²) in [6.07, 6.45) is 2.94. The van der Waals surface area contributed by atoms with E-state index in [0.717, 1.165) is 24.0 Å². The Morgan fingerprint density at radius 2 is 1.88 bits per heavy atom. The van der Waals surface area contributed by atoms with Crippen molar-refractivity contribution >= 4 is 16.8 Å². The molecular weight excluding hydrogens is 310 g/mol. The molecule has 1 amide bonds. The monoisotopic (exact) mass is 335 g/mol. The van der Waals surface area contributed by atoms with Crippen LogP contribution in [0.5, 0.6) is 0 Å². The minimum absolute atomic E-state index is 0.0230. The number of fused-ring (bicyclic) bond motifs is 1. The van der Waals surface area contributed by atoms with Gasteiger partial charge >= 0.3 is 0 Å². The Morgan fingerprint density at radius 3 is 2.56 bits per heavy atom. The minimum atomic E-state index is -0.0230. The molecule has 1 aromatic heterocycles. The second-order valence-electron chi connectivity index (χ2n) is 6.56. The molecule has 0 saturated carbocycles. The van der Waals surface area contributed by atoms with E-state index in [2.05, 4.69) is 35.4 Å². The summed E-state index contributed by atoms with van der Waals surface area (Å²) in [6.45, 7) is 3.65. The molecule has 2 aromatic carbocycles. The lowest BCUT2D eigenvalue weighted by atomic mass is 9.95. The lowest BCUT2D eigenvalue weighted by Crippen LogP contribution is -2.31. The van der Waals surface area contributed by atoms with Crippen molar-refractivity contribution in [1.82, 2.24) is 15.2 Å². The van der Waals surface area contributed by atoms with Crippen molar-refractivity contribution in [1.29, 1.82) is 0 Å². The molecule has 3 rings (SSSR count). The van der Waals surface area contributed by atoms with E-state index in [4.69, 9.17) is 0 Å². The number of carbonyl (C=O) groups excluding carboxylic acids is 1. The molecular formula is C21H25N3O. The summed E-state index contributed by atoms with van der Waals surface area (Å²) in [4.78, 5) is 17.5. The zero-order valence-electron chi connectivity index (χ0n) is 15.1. The van der Waals surface area contributed by atoms with Crippen LogP contribution >= 0.6 is 0 Å². The van der Waals surface area contributed by atoms with Crippen LogP contribution in [0.1, 0.15) is 22.8 Å². The van der Waals surface area contributed by atoms with Crippen LogP contribution in [-0.4, -0.2) is 43.0 Å². The molecule has 1 heterocycles. The summed E-state index contributed by atoms with van der Waals surface area (Å²) in [7, 11) is 3.99. The van der Waals surface area contributed by atoms with Gasteiger partial charge in [0, 0.05) is 30.4 Å². The Balaban J connectivity index is 1.81. The first-order chi connectivity index (χ1) is 12.1. The number of nitrogens with one attached hydrogen (secondary N) is 2. The number of likely N-dealkylation sites (N-methyl/N-ethyl adjacent to an activating group) is 1. The summed E-state index contributed by atoms with van der Waals surface area (Å²) >= 11 is 0. The number of H-pyrrole nitrogens is 1. The summed E-state index contributed by atoms with van der Waals surface area (Å²) in [5, 5.41) is 4.15. The standard InChI is InChI=1S/C21H25N3O/c1-4-15-14-20-18(9-10-22-20)13-19(15)16-5-7-17(8-6-16)21(25)23-11-12-24(2)3/h5-10,13-14,22H,4,11-12H2,1-3H3,(H,23,25). The number of aromatic nitrogens is 1. The second kappa shape index (κ2) is 7.53. The van der Waals surface area contributed by atoms with Gasteiger partial charge in [-0.05, 0) is 72.9 Å². The fraction of sp³-hybridized carbons (Fsp3) is 0.286. The lowest BCUT2D eigenvalue weighted by molar-refractivity contribution is 0.0951. The van der Waals surface area contributed by atoms with Gasteiger partial charge in [-0.3, -0.25) is 4.79 Å². The van der Waals surface area contributed by atoms with E-state index >= 15 is 0 Å². The molecule has 0 aliphatic rings. The number of hydrogen-bond acceptors (Lipinski definition) is 2. The molecule has 0 bridgehead atoms. The van der Waals surface area contributed by atoms with Crippen molar-refractivity contribution in [3.63, 3.8) is 0 Å². The van der Waals surface area contributed by atoms with Crippen molar-refractivity contribution in [3.8, 4) is 11.1 Å². The van der Waals surface area contributed by atoms with Crippen molar-refractivity contribution in [2.45, 2.75) is 13.3 Å². The van der Waals surface area contributed by atoms with Crippen molar-refractivity contribution in [3.05, 3.63) is 59.8 Å². The maximum atomic E-state index is 12.2. The summed E-state index contributed by atoms with van der Waals surface area (Å²) in [5.74, 6) is -0.0230. The fourth-order valence-corrected chi connectivity index (χ4v) is 3.00. The van der Waals surface area contributed by atoms with E-state index in [9.17, 15) is 4.79 Å². The third-order valence-corrected chi connectivity index (χ3v) is 4.46. The van der Waals surface area contributed by atoms with Gasteiger partial charge in [0.1, 0.15) is 0 Å². The Hall–Kier alpha value is -2.59.